The van der Waals surface area contributed by atoms with Crippen molar-refractivity contribution in [1.82, 2.24) is 0 Å². The minimum Gasteiger partial charge on any atom is -0.0874 e. The van der Waals surface area contributed by atoms with Gasteiger partial charge in [-0.15, -0.1) is 0 Å². The molecule has 0 heterocycles. The summed E-state index contributed by atoms with van der Waals surface area (Å²) in [7, 11) is 0. The normalized spacial score (nSPS) is 14.8. The predicted molar refractivity (Wildman–Crippen MR) is 110 cm³/mol. The van der Waals surface area contributed by atoms with E-state index in [1.165, 1.54) is 22.3 Å². The average molecular weight is 323 g/mol. The minimum atomic E-state index is 0.0106. The number of hydrogen-bond acceptors (Lipinski definition) is 0. The summed E-state index contributed by atoms with van der Waals surface area (Å²) in [6, 6.07) is 9.14. The lowest BCUT2D eigenvalue weighted by atomic mass is 9.74. The van der Waals surface area contributed by atoms with Gasteiger partial charge in [0.25, 0.3) is 0 Å². The zero-order valence-electron chi connectivity index (χ0n) is 16.8. The van der Waals surface area contributed by atoms with E-state index in [-0.39, 0.29) is 10.8 Å². The number of hydrogen-bond donors (Lipinski definition) is 0. The fourth-order valence-electron chi connectivity index (χ4n) is 3.33. The van der Waals surface area contributed by atoms with Crippen molar-refractivity contribution in [3.63, 3.8) is 0 Å². The molecule has 0 unspecified atom stereocenters. The molecule has 0 fully saturated rings. The van der Waals surface area contributed by atoms with Crippen LogP contribution < -0.4 is 0 Å². The second-order valence-corrected chi connectivity index (χ2v) is 7.32. The summed E-state index contributed by atoms with van der Waals surface area (Å²) in [6.07, 6.45) is 13.1. The van der Waals surface area contributed by atoms with Gasteiger partial charge in [-0.25, -0.2) is 0 Å². The van der Waals surface area contributed by atoms with Crippen molar-refractivity contribution < 1.29 is 0 Å². The Morgan fingerprint density at radius 2 is 0.917 bits per heavy atom. The van der Waals surface area contributed by atoms with Gasteiger partial charge in [0.15, 0.2) is 0 Å². The summed E-state index contributed by atoms with van der Waals surface area (Å²) in [5, 5.41) is 0. The lowest BCUT2D eigenvalue weighted by molar-refractivity contribution is 0.623. The molecule has 0 amide bonds. The van der Waals surface area contributed by atoms with E-state index in [4.69, 9.17) is 0 Å². The summed E-state index contributed by atoms with van der Waals surface area (Å²) < 4.78 is 0. The maximum Gasteiger partial charge on any atom is 0.0143 e. The number of rotatable bonds is 6. The highest BCUT2D eigenvalue weighted by Gasteiger charge is 2.26. The second-order valence-electron chi connectivity index (χ2n) is 7.32. The summed E-state index contributed by atoms with van der Waals surface area (Å²) in [5.74, 6) is 0. The van der Waals surface area contributed by atoms with Crippen molar-refractivity contribution >= 4 is 0 Å². The first-order valence-corrected chi connectivity index (χ1v) is 8.95. The van der Waals surface area contributed by atoms with E-state index in [2.05, 4.69) is 116 Å². The Kier molecular flexibility index (Phi) is 7.02. The first-order chi connectivity index (χ1) is 11.2. The van der Waals surface area contributed by atoms with Gasteiger partial charge in [-0.3, -0.25) is 0 Å². The van der Waals surface area contributed by atoms with Crippen LogP contribution in [0.5, 0.6) is 0 Å². The van der Waals surface area contributed by atoms with Gasteiger partial charge in [0.1, 0.15) is 0 Å². The Labute approximate surface area is 149 Å². The van der Waals surface area contributed by atoms with Gasteiger partial charge < -0.3 is 0 Å². The summed E-state index contributed by atoms with van der Waals surface area (Å²) in [5.41, 5.74) is 5.41. The minimum absolute atomic E-state index is 0.0106. The van der Waals surface area contributed by atoms with Gasteiger partial charge >= 0.3 is 0 Å². The molecule has 0 spiro atoms. The molecule has 0 N–H and O–H groups in total. The van der Waals surface area contributed by atoms with Gasteiger partial charge in [0.2, 0.25) is 0 Å². The topological polar surface area (TPSA) is 0 Å². The molecule has 0 saturated heterocycles. The van der Waals surface area contributed by atoms with Crippen LogP contribution in [-0.4, -0.2) is 0 Å². The fourth-order valence-corrected chi connectivity index (χ4v) is 3.33. The van der Waals surface area contributed by atoms with Gasteiger partial charge in [0, 0.05) is 10.8 Å². The van der Waals surface area contributed by atoms with Gasteiger partial charge in [-0.05, 0) is 50.0 Å². The highest BCUT2D eigenvalue weighted by Crippen LogP contribution is 2.36. The zero-order valence-corrected chi connectivity index (χ0v) is 16.8. The Balaban J connectivity index is 3.26. The fraction of sp³-hybridized carbons (Fsp3) is 0.417. The van der Waals surface area contributed by atoms with Crippen molar-refractivity contribution in [2.45, 2.75) is 66.2 Å². The molecule has 0 saturated carbocycles. The highest BCUT2D eigenvalue weighted by molar-refractivity contribution is 5.45. The summed E-state index contributed by atoms with van der Waals surface area (Å²) in [4.78, 5) is 0. The molecule has 0 radical (unpaired) electrons. The molecule has 1 aromatic rings. The number of allylic oxidation sites excluding steroid dienone is 8. The van der Waals surface area contributed by atoms with E-state index in [1.807, 2.05) is 0 Å². The smallest absolute Gasteiger partial charge is 0.0143 e. The molecule has 1 rings (SSSR count). The van der Waals surface area contributed by atoms with Crippen LogP contribution in [0.4, 0.5) is 0 Å². The Bertz CT molecular complexity index is 585. The number of benzene rings is 1. The van der Waals surface area contributed by atoms with Crippen LogP contribution >= 0.6 is 0 Å². The molecule has 130 valence electrons. The molecular weight excluding hydrogens is 288 g/mol. The standard InChI is InChI=1S/C24H34/c1-9-13-19(11-3)23(5,6)21-15-17-22(18-16-21)24(7,8)20(12-4)14-10-2/h9-18H,1-8H3/b13-9-,14-10-,19-11+,20-12+. The maximum atomic E-state index is 2.29. The van der Waals surface area contributed by atoms with Crippen LogP contribution in [0.3, 0.4) is 0 Å². The van der Waals surface area contributed by atoms with E-state index >= 15 is 0 Å². The van der Waals surface area contributed by atoms with Crippen molar-refractivity contribution in [3.8, 4) is 0 Å². The molecule has 0 aliphatic heterocycles. The van der Waals surface area contributed by atoms with Crippen LogP contribution in [0.15, 0.2) is 71.9 Å². The molecule has 0 aliphatic carbocycles. The quantitative estimate of drug-likeness (QED) is 0.482. The predicted octanol–water partition coefficient (Wildman–Crippen LogP) is 7.29. The third-order valence-corrected chi connectivity index (χ3v) is 5.09. The van der Waals surface area contributed by atoms with Crippen molar-refractivity contribution in [2.24, 2.45) is 0 Å². The van der Waals surface area contributed by atoms with E-state index in [1.54, 1.807) is 0 Å². The van der Waals surface area contributed by atoms with Gasteiger partial charge in [-0.2, -0.15) is 0 Å². The molecule has 24 heavy (non-hydrogen) atoms. The molecular formula is C24H34. The maximum absolute atomic E-state index is 2.29. The molecule has 1 aromatic carbocycles. The van der Waals surface area contributed by atoms with Crippen molar-refractivity contribution in [2.75, 3.05) is 0 Å². The SMILES string of the molecule is C/C=C\C(=C/C)C(C)(C)c1ccc(C(C)(C)C(/C=C\C)=C/C)cc1. The zero-order chi connectivity index (χ0) is 18.4. The van der Waals surface area contributed by atoms with E-state index in [9.17, 15) is 0 Å². The Morgan fingerprint density at radius 3 is 1.12 bits per heavy atom. The molecule has 0 bridgehead atoms. The second kappa shape index (κ2) is 8.33. The Morgan fingerprint density at radius 1 is 0.625 bits per heavy atom. The third kappa shape index (κ3) is 4.17. The van der Waals surface area contributed by atoms with Crippen LogP contribution in [0.25, 0.3) is 0 Å². The van der Waals surface area contributed by atoms with Crippen LogP contribution in [0.2, 0.25) is 0 Å². The molecule has 0 heteroatoms. The van der Waals surface area contributed by atoms with E-state index in [0.29, 0.717) is 0 Å². The van der Waals surface area contributed by atoms with E-state index < -0.39 is 0 Å². The largest absolute Gasteiger partial charge is 0.0874 e. The summed E-state index contributed by atoms with van der Waals surface area (Å²) >= 11 is 0. The van der Waals surface area contributed by atoms with Gasteiger partial charge in [0.05, 0.1) is 0 Å². The molecule has 0 aliphatic rings. The van der Waals surface area contributed by atoms with Crippen LogP contribution in [-0.2, 0) is 10.8 Å². The third-order valence-electron chi connectivity index (χ3n) is 5.09. The van der Waals surface area contributed by atoms with Crippen LogP contribution in [0.1, 0.15) is 66.5 Å². The lowest BCUT2D eigenvalue weighted by Gasteiger charge is -2.30. The van der Waals surface area contributed by atoms with Crippen molar-refractivity contribution in [1.29, 1.82) is 0 Å². The molecule has 0 nitrogen and oxygen atoms in total. The molecule has 0 atom stereocenters. The monoisotopic (exact) mass is 322 g/mol. The van der Waals surface area contributed by atoms with Crippen molar-refractivity contribution in [3.05, 3.63) is 83.0 Å². The highest BCUT2D eigenvalue weighted by atomic mass is 14.3. The summed E-state index contributed by atoms with van der Waals surface area (Å²) in [6.45, 7) is 17.5. The first kappa shape index (κ1) is 20.2. The lowest BCUT2D eigenvalue weighted by Crippen LogP contribution is -2.22. The van der Waals surface area contributed by atoms with E-state index in [0.717, 1.165) is 0 Å². The van der Waals surface area contributed by atoms with Gasteiger partial charge in [-0.1, -0.05) is 88.4 Å². The first-order valence-electron chi connectivity index (χ1n) is 8.95. The van der Waals surface area contributed by atoms with Crippen LogP contribution in [0, 0.1) is 0 Å². The Hall–Kier alpha value is -1.82. The average Bonchev–Trinajstić information content (AvgIpc) is 2.57. The molecule has 0 aromatic heterocycles.